The predicted octanol–water partition coefficient (Wildman–Crippen LogP) is 3.16. The Morgan fingerprint density at radius 1 is 1.37 bits per heavy atom. The average molecular weight is 318 g/mol. The summed E-state index contributed by atoms with van der Waals surface area (Å²) in [5, 5.41) is 21.1. The van der Waals surface area contributed by atoms with Gasteiger partial charge in [-0.3, -0.25) is 4.98 Å². The Labute approximate surface area is 117 Å². The summed E-state index contributed by atoms with van der Waals surface area (Å²) >= 11 is 3.28. The molecule has 0 aliphatic heterocycles. The number of benzene rings is 1. The van der Waals surface area contributed by atoms with E-state index in [1.165, 1.54) is 12.4 Å². The van der Waals surface area contributed by atoms with Crippen LogP contribution < -0.4 is 5.32 Å². The van der Waals surface area contributed by atoms with E-state index >= 15 is 0 Å². The van der Waals surface area contributed by atoms with Gasteiger partial charge in [0.2, 0.25) is 0 Å². The van der Waals surface area contributed by atoms with Gasteiger partial charge >= 0.3 is 5.97 Å². The zero-order chi connectivity index (χ0) is 13.8. The van der Waals surface area contributed by atoms with Crippen molar-refractivity contribution >= 4 is 33.3 Å². The van der Waals surface area contributed by atoms with Crippen molar-refractivity contribution in [2.45, 2.75) is 0 Å². The molecular formula is C13H8BrN3O2. The molecule has 0 saturated carbocycles. The van der Waals surface area contributed by atoms with Crippen LogP contribution in [0.25, 0.3) is 0 Å². The van der Waals surface area contributed by atoms with Crippen LogP contribution in [0, 0.1) is 11.3 Å². The average Bonchev–Trinajstić information content (AvgIpc) is 2.41. The molecule has 1 aromatic carbocycles. The highest BCUT2D eigenvalue weighted by molar-refractivity contribution is 9.10. The summed E-state index contributed by atoms with van der Waals surface area (Å²) in [6.07, 6.45) is 2.75. The molecule has 0 aliphatic rings. The summed E-state index contributed by atoms with van der Waals surface area (Å²) in [6.45, 7) is 0. The van der Waals surface area contributed by atoms with Gasteiger partial charge < -0.3 is 10.4 Å². The maximum absolute atomic E-state index is 11.1. The van der Waals surface area contributed by atoms with E-state index in [2.05, 4.69) is 26.2 Å². The van der Waals surface area contributed by atoms with Crippen LogP contribution in [0.4, 0.5) is 11.4 Å². The van der Waals surface area contributed by atoms with Crippen molar-refractivity contribution in [3.05, 3.63) is 52.3 Å². The first-order valence-electron chi connectivity index (χ1n) is 5.26. The molecule has 0 fully saturated rings. The largest absolute Gasteiger partial charge is 0.478 e. The molecule has 0 radical (unpaired) electrons. The normalized spacial score (nSPS) is 9.68. The third kappa shape index (κ3) is 2.89. The van der Waals surface area contributed by atoms with E-state index in [4.69, 9.17) is 10.4 Å². The van der Waals surface area contributed by atoms with Crippen molar-refractivity contribution < 1.29 is 9.90 Å². The second kappa shape index (κ2) is 5.50. The standard InChI is InChI=1S/C13H8BrN3O2/c14-9-1-2-11(8(5-9)6-15)17-12-3-4-16-7-10(12)13(18)19/h1-5,7H,(H,16,17)(H,18,19). The number of nitriles is 1. The van der Waals surface area contributed by atoms with Crippen LogP contribution in [0.1, 0.15) is 15.9 Å². The van der Waals surface area contributed by atoms with Crippen LogP contribution in [0.2, 0.25) is 0 Å². The molecule has 0 amide bonds. The Bertz CT molecular complexity index is 680. The number of carboxylic acids is 1. The van der Waals surface area contributed by atoms with Crippen molar-refractivity contribution in [2.75, 3.05) is 5.32 Å². The molecule has 0 bridgehead atoms. The molecule has 0 aliphatic carbocycles. The van der Waals surface area contributed by atoms with Gasteiger partial charge in [-0.25, -0.2) is 4.79 Å². The Morgan fingerprint density at radius 2 is 2.16 bits per heavy atom. The van der Waals surface area contributed by atoms with Gasteiger partial charge in [0.15, 0.2) is 0 Å². The molecule has 0 saturated heterocycles. The van der Waals surface area contributed by atoms with Gasteiger partial charge in [0.25, 0.3) is 0 Å². The van der Waals surface area contributed by atoms with E-state index in [-0.39, 0.29) is 5.56 Å². The number of halogens is 1. The SMILES string of the molecule is N#Cc1cc(Br)ccc1Nc1ccncc1C(=O)O. The molecule has 1 aromatic heterocycles. The lowest BCUT2D eigenvalue weighted by atomic mass is 10.1. The number of aromatic carboxylic acids is 1. The minimum Gasteiger partial charge on any atom is -0.478 e. The number of hydrogen-bond acceptors (Lipinski definition) is 4. The molecular weight excluding hydrogens is 310 g/mol. The highest BCUT2D eigenvalue weighted by Gasteiger charge is 2.11. The van der Waals surface area contributed by atoms with Crippen molar-refractivity contribution in [3.63, 3.8) is 0 Å². The Balaban J connectivity index is 2.43. The number of carbonyl (C=O) groups is 1. The second-order valence-electron chi connectivity index (χ2n) is 3.65. The summed E-state index contributed by atoms with van der Waals surface area (Å²) < 4.78 is 0.780. The zero-order valence-electron chi connectivity index (χ0n) is 9.59. The first-order valence-corrected chi connectivity index (χ1v) is 6.05. The van der Waals surface area contributed by atoms with Crippen LogP contribution >= 0.6 is 15.9 Å². The van der Waals surface area contributed by atoms with Gasteiger partial charge in [-0.1, -0.05) is 15.9 Å². The number of carboxylic acid groups (broad SMARTS) is 1. The Hall–Kier alpha value is -2.39. The molecule has 2 N–H and O–H groups in total. The van der Waals surface area contributed by atoms with Crippen molar-refractivity contribution in [1.29, 1.82) is 5.26 Å². The highest BCUT2D eigenvalue weighted by Crippen LogP contribution is 2.25. The number of hydrogen-bond donors (Lipinski definition) is 2. The molecule has 0 unspecified atom stereocenters. The fourth-order valence-electron chi connectivity index (χ4n) is 1.54. The molecule has 0 spiro atoms. The number of rotatable bonds is 3. The fraction of sp³-hybridized carbons (Fsp3) is 0. The lowest BCUT2D eigenvalue weighted by Gasteiger charge is -2.10. The Kier molecular flexibility index (Phi) is 3.78. The van der Waals surface area contributed by atoms with Crippen LogP contribution in [-0.2, 0) is 0 Å². The zero-order valence-corrected chi connectivity index (χ0v) is 11.2. The number of nitrogens with zero attached hydrogens (tertiary/aromatic N) is 2. The van der Waals surface area contributed by atoms with Crippen LogP contribution in [0.5, 0.6) is 0 Å². The number of nitrogens with one attached hydrogen (secondary N) is 1. The minimum absolute atomic E-state index is 0.0503. The van der Waals surface area contributed by atoms with Crippen LogP contribution in [0.15, 0.2) is 41.1 Å². The maximum Gasteiger partial charge on any atom is 0.339 e. The number of aromatic nitrogens is 1. The summed E-state index contributed by atoms with van der Waals surface area (Å²) in [6, 6.07) is 8.73. The lowest BCUT2D eigenvalue weighted by molar-refractivity contribution is 0.0697. The van der Waals surface area contributed by atoms with E-state index < -0.39 is 5.97 Å². The fourth-order valence-corrected chi connectivity index (χ4v) is 1.90. The summed E-state index contributed by atoms with van der Waals surface area (Å²) in [4.78, 5) is 14.8. The quantitative estimate of drug-likeness (QED) is 0.908. The Morgan fingerprint density at radius 3 is 2.84 bits per heavy atom. The predicted molar refractivity (Wildman–Crippen MR) is 73.3 cm³/mol. The molecule has 6 heteroatoms. The van der Waals surface area contributed by atoms with E-state index in [0.29, 0.717) is 16.9 Å². The van der Waals surface area contributed by atoms with Gasteiger partial charge in [-0.15, -0.1) is 0 Å². The van der Waals surface area contributed by atoms with Crippen LogP contribution in [-0.4, -0.2) is 16.1 Å². The van der Waals surface area contributed by atoms with E-state index in [9.17, 15) is 4.79 Å². The number of pyridine rings is 1. The minimum atomic E-state index is -1.08. The van der Waals surface area contributed by atoms with E-state index in [1.54, 1.807) is 24.3 Å². The molecule has 2 aromatic rings. The molecule has 19 heavy (non-hydrogen) atoms. The third-order valence-electron chi connectivity index (χ3n) is 2.42. The van der Waals surface area contributed by atoms with E-state index in [1.807, 2.05) is 6.07 Å². The first kappa shape index (κ1) is 13.1. The second-order valence-corrected chi connectivity index (χ2v) is 4.57. The summed E-state index contributed by atoms with van der Waals surface area (Å²) in [5.41, 5.74) is 1.40. The third-order valence-corrected chi connectivity index (χ3v) is 2.92. The molecule has 5 nitrogen and oxygen atoms in total. The smallest absolute Gasteiger partial charge is 0.339 e. The van der Waals surface area contributed by atoms with E-state index in [0.717, 1.165) is 4.47 Å². The molecule has 2 rings (SSSR count). The highest BCUT2D eigenvalue weighted by atomic mass is 79.9. The molecule has 94 valence electrons. The molecule has 1 heterocycles. The van der Waals surface area contributed by atoms with Gasteiger partial charge in [0.05, 0.1) is 16.9 Å². The van der Waals surface area contributed by atoms with Crippen molar-refractivity contribution in [2.24, 2.45) is 0 Å². The van der Waals surface area contributed by atoms with Gasteiger partial charge in [0, 0.05) is 16.9 Å². The summed E-state index contributed by atoms with van der Waals surface area (Å²) in [5.74, 6) is -1.08. The molecule has 0 atom stereocenters. The summed E-state index contributed by atoms with van der Waals surface area (Å²) in [7, 11) is 0. The lowest BCUT2D eigenvalue weighted by Crippen LogP contribution is -2.04. The van der Waals surface area contributed by atoms with Gasteiger partial charge in [0.1, 0.15) is 11.6 Å². The van der Waals surface area contributed by atoms with Gasteiger partial charge in [-0.05, 0) is 24.3 Å². The monoisotopic (exact) mass is 317 g/mol. The van der Waals surface area contributed by atoms with Crippen LogP contribution in [0.3, 0.4) is 0 Å². The van der Waals surface area contributed by atoms with Crippen molar-refractivity contribution in [3.8, 4) is 6.07 Å². The van der Waals surface area contributed by atoms with Crippen molar-refractivity contribution in [1.82, 2.24) is 4.98 Å². The maximum atomic E-state index is 11.1. The number of anilines is 2. The first-order chi connectivity index (χ1) is 9.11. The topological polar surface area (TPSA) is 86.0 Å². The van der Waals surface area contributed by atoms with Gasteiger partial charge in [-0.2, -0.15) is 5.26 Å².